The van der Waals surface area contributed by atoms with E-state index in [0.717, 1.165) is 0 Å². The first-order valence-corrected chi connectivity index (χ1v) is 11.4. The molecule has 1 aliphatic rings. The minimum Gasteiger partial charge on any atom is -0.490 e. The molecule has 1 fully saturated rings. The minimum absolute atomic E-state index is 0.0378. The fraction of sp³-hybridized carbons (Fsp3) is 0.250. The topological polar surface area (TPSA) is 97.0 Å². The number of piperazine rings is 1. The Hall–Kier alpha value is -3.43. The molecule has 2 N–H and O–H groups in total. The van der Waals surface area contributed by atoms with Crippen molar-refractivity contribution >= 4 is 52.8 Å². The Morgan fingerprint density at radius 3 is 2.65 bits per heavy atom. The number of rotatable bonds is 8. The van der Waals surface area contributed by atoms with Crippen LogP contribution in [-0.4, -0.2) is 60.1 Å². The van der Waals surface area contributed by atoms with Crippen molar-refractivity contribution in [1.82, 2.24) is 15.5 Å². The van der Waals surface area contributed by atoms with Gasteiger partial charge in [0.25, 0.3) is 0 Å². The lowest BCUT2D eigenvalue weighted by Gasteiger charge is -2.36. The highest BCUT2D eigenvalue weighted by Gasteiger charge is 2.34. The van der Waals surface area contributed by atoms with E-state index in [1.807, 2.05) is 18.2 Å². The van der Waals surface area contributed by atoms with Gasteiger partial charge in [-0.25, -0.2) is 0 Å². The molecule has 2 aromatic carbocycles. The van der Waals surface area contributed by atoms with E-state index in [1.54, 1.807) is 42.5 Å². The predicted molar refractivity (Wildman–Crippen MR) is 132 cm³/mol. The fourth-order valence-corrected chi connectivity index (χ4v) is 3.72. The zero-order valence-corrected chi connectivity index (χ0v) is 19.8. The summed E-state index contributed by atoms with van der Waals surface area (Å²) in [6, 6.07) is 15.3. The van der Waals surface area contributed by atoms with Crippen LogP contribution in [0.1, 0.15) is 12.0 Å². The van der Waals surface area contributed by atoms with Gasteiger partial charge in [0.1, 0.15) is 25.0 Å². The Morgan fingerprint density at radius 2 is 1.88 bits per heavy atom. The molecule has 3 rings (SSSR count). The van der Waals surface area contributed by atoms with Gasteiger partial charge in [0.2, 0.25) is 11.8 Å². The molecule has 0 aliphatic carbocycles. The standard InChI is InChI=1S/C24H24ClN3O5S/c25-19-9-5-4-6-17(19)10-11-21(29)27-24(34)28-13-12-26-23(31)20(28)16-22(30)33-15-14-32-18-7-2-1-3-8-18/h1-11,20H,12-16H2,(H,26,31)(H,27,29,34)/b11-10+. The number of thiocarbonyl (C=S) groups is 1. The van der Waals surface area contributed by atoms with Crippen LogP contribution in [0.5, 0.6) is 5.75 Å². The minimum atomic E-state index is -0.892. The van der Waals surface area contributed by atoms with Gasteiger partial charge in [-0.1, -0.05) is 48.0 Å². The van der Waals surface area contributed by atoms with Gasteiger partial charge in [-0.15, -0.1) is 0 Å². The van der Waals surface area contributed by atoms with Gasteiger partial charge in [0.15, 0.2) is 5.11 Å². The number of nitrogens with zero attached hydrogens (tertiary/aromatic N) is 1. The van der Waals surface area contributed by atoms with Crippen LogP contribution in [0.25, 0.3) is 6.08 Å². The highest BCUT2D eigenvalue weighted by molar-refractivity contribution is 7.80. The lowest BCUT2D eigenvalue weighted by Crippen LogP contribution is -2.60. The summed E-state index contributed by atoms with van der Waals surface area (Å²) in [6.07, 6.45) is 2.64. The van der Waals surface area contributed by atoms with Gasteiger partial charge in [-0.2, -0.15) is 0 Å². The molecule has 0 radical (unpaired) electrons. The van der Waals surface area contributed by atoms with E-state index >= 15 is 0 Å². The molecule has 2 amide bonds. The Kier molecular flexibility index (Phi) is 9.42. The number of hydrogen-bond donors (Lipinski definition) is 2. The fourth-order valence-electron chi connectivity index (χ4n) is 3.20. The number of esters is 1. The van der Waals surface area contributed by atoms with Crippen molar-refractivity contribution in [2.45, 2.75) is 12.5 Å². The van der Waals surface area contributed by atoms with Crippen molar-refractivity contribution in [2.75, 3.05) is 26.3 Å². The summed E-state index contributed by atoms with van der Waals surface area (Å²) in [4.78, 5) is 38.6. The van der Waals surface area contributed by atoms with Crippen LogP contribution >= 0.6 is 23.8 Å². The number of ether oxygens (including phenoxy) is 2. The molecule has 1 aliphatic heterocycles. The molecule has 8 nitrogen and oxygen atoms in total. The molecule has 0 bridgehead atoms. The number of nitrogens with one attached hydrogen (secondary N) is 2. The largest absolute Gasteiger partial charge is 0.490 e. The summed E-state index contributed by atoms with van der Waals surface area (Å²) in [5.74, 6) is -0.750. The quantitative estimate of drug-likeness (QED) is 0.248. The second-order valence-electron chi connectivity index (χ2n) is 7.24. The van der Waals surface area contributed by atoms with Crippen LogP contribution in [0.3, 0.4) is 0 Å². The highest BCUT2D eigenvalue weighted by atomic mass is 35.5. The Bertz CT molecular complexity index is 1060. The number of benzene rings is 2. The monoisotopic (exact) mass is 501 g/mol. The summed E-state index contributed by atoms with van der Waals surface area (Å²) in [7, 11) is 0. The van der Waals surface area contributed by atoms with E-state index in [0.29, 0.717) is 29.4 Å². The van der Waals surface area contributed by atoms with E-state index in [9.17, 15) is 14.4 Å². The predicted octanol–water partition coefficient (Wildman–Crippen LogP) is 2.57. The third-order valence-corrected chi connectivity index (χ3v) is 5.54. The molecule has 0 spiro atoms. The van der Waals surface area contributed by atoms with Crippen molar-refractivity contribution in [3.8, 4) is 5.75 Å². The van der Waals surface area contributed by atoms with Crippen LogP contribution in [0.2, 0.25) is 5.02 Å². The van der Waals surface area contributed by atoms with Crippen molar-refractivity contribution < 1.29 is 23.9 Å². The van der Waals surface area contributed by atoms with E-state index in [1.165, 1.54) is 11.0 Å². The van der Waals surface area contributed by atoms with Crippen molar-refractivity contribution in [3.05, 3.63) is 71.3 Å². The number of amides is 2. The van der Waals surface area contributed by atoms with Crippen LogP contribution in [-0.2, 0) is 19.1 Å². The van der Waals surface area contributed by atoms with Crippen LogP contribution in [0, 0.1) is 0 Å². The van der Waals surface area contributed by atoms with Crippen LogP contribution in [0.4, 0.5) is 0 Å². The third-order valence-electron chi connectivity index (χ3n) is 4.86. The Labute approximate surface area is 207 Å². The molecule has 178 valence electrons. The van der Waals surface area contributed by atoms with Gasteiger partial charge in [0.05, 0.1) is 6.42 Å². The summed E-state index contributed by atoms with van der Waals surface area (Å²) >= 11 is 11.4. The molecular weight excluding hydrogens is 478 g/mol. The van der Waals surface area contributed by atoms with Gasteiger partial charge >= 0.3 is 5.97 Å². The first kappa shape index (κ1) is 25.2. The van der Waals surface area contributed by atoms with E-state index in [4.69, 9.17) is 33.3 Å². The molecule has 10 heteroatoms. The molecule has 2 aromatic rings. The first-order chi connectivity index (χ1) is 16.4. The van der Waals surface area contributed by atoms with Crippen LogP contribution in [0.15, 0.2) is 60.7 Å². The van der Waals surface area contributed by atoms with E-state index in [2.05, 4.69) is 10.6 Å². The second-order valence-corrected chi connectivity index (χ2v) is 8.03. The molecule has 1 atom stereocenters. The SMILES string of the molecule is O=C(/C=C/c1ccccc1Cl)NC(=S)N1CCNC(=O)C1CC(=O)OCCOc1ccccc1. The van der Waals surface area contributed by atoms with Crippen molar-refractivity contribution in [2.24, 2.45) is 0 Å². The van der Waals surface area contributed by atoms with Crippen molar-refractivity contribution in [1.29, 1.82) is 0 Å². The zero-order chi connectivity index (χ0) is 24.3. The number of hydrogen-bond acceptors (Lipinski definition) is 6. The third kappa shape index (κ3) is 7.57. The lowest BCUT2D eigenvalue weighted by atomic mass is 10.1. The average Bonchev–Trinajstić information content (AvgIpc) is 2.83. The van der Waals surface area contributed by atoms with Crippen molar-refractivity contribution in [3.63, 3.8) is 0 Å². The molecule has 0 aromatic heterocycles. The molecule has 1 saturated heterocycles. The van der Waals surface area contributed by atoms with E-state index in [-0.39, 0.29) is 30.7 Å². The van der Waals surface area contributed by atoms with Gasteiger partial charge in [-0.3, -0.25) is 19.7 Å². The average molecular weight is 502 g/mol. The smallest absolute Gasteiger partial charge is 0.308 e. The number of carbonyl (C=O) groups excluding carboxylic acids is 3. The maximum absolute atomic E-state index is 12.4. The number of carbonyl (C=O) groups is 3. The highest BCUT2D eigenvalue weighted by Crippen LogP contribution is 2.16. The Balaban J connectivity index is 1.50. The summed E-state index contributed by atoms with van der Waals surface area (Å²) in [6.45, 7) is 0.896. The summed E-state index contributed by atoms with van der Waals surface area (Å²) < 4.78 is 10.7. The first-order valence-electron chi connectivity index (χ1n) is 10.6. The maximum Gasteiger partial charge on any atom is 0.308 e. The van der Waals surface area contributed by atoms with Gasteiger partial charge in [0, 0.05) is 24.2 Å². The number of halogens is 1. The second kappa shape index (κ2) is 12.7. The molecule has 1 heterocycles. The molecule has 0 saturated carbocycles. The van der Waals surface area contributed by atoms with Gasteiger partial charge < -0.3 is 19.7 Å². The molecule has 34 heavy (non-hydrogen) atoms. The van der Waals surface area contributed by atoms with Gasteiger partial charge in [-0.05, 0) is 42.1 Å². The van der Waals surface area contributed by atoms with Crippen LogP contribution < -0.4 is 15.4 Å². The summed E-state index contributed by atoms with van der Waals surface area (Å²) in [5.41, 5.74) is 0.680. The normalized spacial score (nSPS) is 15.5. The Morgan fingerprint density at radius 1 is 1.15 bits per heavy atom. The number of para-hydroxylation sites is 1. The molecular formula is C24H24ClN3O5S. The maximum atomic E-state index is 12.4. The molecule has 1 unspecified atom stereocenters. The van der Waals surface area contributed by atoms with E-state index < -0.39 is 17.9 Å². The zero-order valence-electron chi connectivity index (χ0n) is 18.2. The summed E-state index contributed by atoms with van der Waals surface area (Å²) in [5, 5.41) is 5.83. The lowest BCUT2D eigenvalue weighted by molar-refractivity contribution is -0.148.